The predicted octanol–water partition coefficient (Wildman–Crippen LogP) is 1.36. The summed E-state index contributed by atoms with van der Waals surface area (Å²) < 4.78 is 0. The van der Waals surface area contributed by atoms with Gasteiger partial charge < -0.3 is 10.7 Å². The van der Waals surface area contributed by atoms with Crippen LogP contribution in [-0.2, 0) is 0 Å². The molecule has 1 aliphatic carbocycles. The van der Waals surface area contributed by atoms with E-state index in [2.05, 4.69) is 34.6 Å². The molecule has 1 aromatic heterocycles. The smallest absolute Gasteiger partial charge is 0.145 e. The number of hydrogen-bond donors (Lipinski definition) is 3. The van der Waals surface area contributed by atoms with Crippen LogP contribution in [0, 0.1) is 5.92 Å². The van der Waals surface area contributed by atoms with Crippen LogP contribution in [0.3, 0.4) is 0 Å². The van der Waals surface area contributed by atoms with E-state index < -0.39 is 0 Å². The minimum absolute atomic E-state index is 0.0974. The van der Waals surface area contributed by atoms with E-state index in [0.29, 0.717) is 5.82 Å². The molecule has 0 amide bonds. The fourth-order valence-electron chi connectivity index (χ4n) is 1.74. The standard InChI is InChI=1S/C10H17N5/c1-10(2,7-3-4-7)14-8-5-9(15-11)13-6-12-8/h5-7H,3-4,11H2,1-2H3,(H2,12,13,14,15). The Morgan fingerprint density at radius 3 is 2.60 bits per heavy atom. The number of nitrogens with two attached hydrogens (primary N) is 1. The maximum Gasteiger partial charge on any atom is 0.145 e. The van der Waals surface area contributed by atoms with Crippen LogP contribution in [0.2, 0.25) is 0 Å². The van der Waals surface area contributed by atoms with Gasteiger partial charge in [0.05, 0.1) is 0 Å². The molecule has 5 nitrogen and oxygen atoms in total. The summed E-state index contributed by atoms with van der Waals surface area (Å²) in [5.41, 5.74) is 2.60. The SMILES string of the molecule is CC(C)(Nc1cc(NN)ncn1)C1CC1. The van der Waals surface area contributed by atoms with E-state index in [4.69, 9.17) is 5.84 Å². The van der Waals surface area contributed by atoms with Crippen molar-refractivity contribution in [1.82, 2.24) is 9.97 Å². The van der Waals surface area contributed by atoms with Crippen LogP contribution in [-0.4, -0.2) is 15.5 Å². The zero-order chi connectivity index (χ0) is 10.9. The van der Waals surface area contributed by atoms with Gasteiger partial charge in [-0.05, 0) is 32.6 Å². The maximum atomic E-state index is 5.29. The van der Waals surface area contributed by atoms with Gasteiger partial charge >= 0.3 is 0 Å². The van der Waals surface area contributed by atoms with Crippen LogP contribution in [0.4, 0.5) is 11.6 Å². The van der Waals surface area contributed by atoms with Gasteiger partial charge in [-0.15, -0.1) is 0 Å². The summed E-state index contributed by atoms with van der Waals surface area (Å²) in [5, 5.41) is 3.41. The quantitative estimate of drug-likeness (QED) is 0.513. The molecular weight excluding hydrogens is 190 g/mol. The van der Waals surface area contributed by atoms with E-state index in [9.17, 15) is 0 Å². The van der Waals surface area contributed by atoms with Crippen molar-refractivity contribution in [3.8, 4) is 0 Å². The lowest BCUT2D eigenvalue weighted by atomic mass is 9.99. The van der Waals surface area contributed by atoms with Gasteiger partial charge in [-0.3, -0.25) is 0 Å². The first-order chi connectivity index (χ1) is 7.12. The zero-order valence-electron chi connectivity index (χ0n) is 9.12. The highest BCUT2D eigenvalue weighted by molar-refractivity contribution is 5.47. The van der Waals surface area contributed by atoms with Gasteiger partial charge in [0.15, 0.2) is 0 Å². The Hall–Kier alpha value is -1.36. The molecule has 0 aliphatic heterocycles. The van der Waals surface area contributed by atoms with Gasteiger partial charge in [0, 0.05) is 11.6 Å². The van der Waals surface area contributed by atoms with Gasteiger partial charge in [0.25, 0.3) is 0 Å². The van der Waals surface area contributed by atoms with Gasteiger partial charge in [0.2, 0.25) is 0 Å². The van der Waals surface area contributed by atoms with E-state index in [1.165, 1.54) is 19.2 Å². The second kappa shape index (κ2) is 3.66. The third kappa shape index (κ3) is 2.36. The molecule has 0 bridgehead atoms. The van der Waals surface area contributed by atoms with E-state index >= 15 is 0 Å². The lowest BCUT2D eigenvalue weighted by molar-refractivity contribution is 0.492. The first-order valence-electron chi connectivity index (χ1n) is 5.18. The minimum Gasteiger partial charge on any atom is -0.365 e. The summed E-state index contributed by atoms with van der Waals surface area (Å²) in [6.07, 6.45) is 4.10. The molecule has 1 heterocycles. The highest BCUT2D eigenvalue weighted by atomic mass is 15.3. The Labute approximate surface area is 89.5 Å². The molecule has 0 atom stereocenters. The minimum atomic E-state index is 0.0974. The van der Waals surface area contributed by atoms with Crippen LogP contribution in [0.25, 0.3) is 0 Å². The molecule has 0 spiro atoms. The number of rotatable bonds is 4. The Bertz CT molecular complexity index is 345. The molecule has 0 aromatic carbocycles. The molecule has 1 fully saturated rings. The summed E-state index contributed by atoms with van der Waals surface area (Å²) in [7, 11) is 0. The fraction of sp³-hybridized carbons (Fsp3) is 0.600. The van der Waals surface area contributed by atoms with E-state index in [1.807, 2.05) is 6.07 Å². The highest BCUT2D eigenvalue weighted by Crippen LogP contribution is 2.40. The number of aromatic nitrogens is 2. The molecule has 1 aromatic rings. The summed E-state index contributed by atoms with van der Waals surface area (Å²) in [5.74, 6) is 7.48. The van der Waals surface area contributed by atoms with Crippen molar-refractivity contribution in [2.24, 2.45) is 11.8 Å². The summed E-state index contributed by atoms with van der Waals surface area (Å²) in [6, 6.07) is 1.81. The molecule has 1 saturated carbocycles. The van der Waals surface area contributed by atoms with Crippen molar-refractivity contribution in [2.45, 2.75) is 32.2 Å². The van der Waals surface area contributed by atoms with Crippen molar-refractivity contribution in [2.75, 3.05) is 10.7 Å². The van der Waals surface area contributed by atoms with Crippen molar-refractivity contribution in [3.63, 3.8) is 0 Å². The van der Waals surface area contributed by atoms with Crippen molar-refractivity contribution >= 4 is 11.6 Å². The monoisotopic (exact) mass is 207 g/mol. The van der Waals surface area contributed by atoms with Gasteiger partial charge in [-0.25, -0.2) is 15.8 Å². The van der Waals surface area contributed by atoms with Crippen molar-refractivity contribution in [1.29, 1.82) is 0 Å². The normalized spacial score (nSPS) is 16.2. The highest BCUT2D eigenvalue weighted by Gasteiger charge is 2.37. The third-order valence-electron chi connectivity index (χ3n) is 2.86. The van der Waals surface area contributed by atoms with Crippen LogP contribution in [0.15, 0.2) is 12.4 Å². The maximum absolute atomic E-state index is 5.29. The lowest BCUT2D eigenvalue weighted by Gasteiger charge is -2.26. The Morgan fingerprint density at radius 1 is 1.33 bits per heavy atom. The molecule has 0 unspecified atom stereocenters. The van der Waals surface area contributed by atoms with Gasteiger partial charge in [-0.2, -0.15) is 0 Å². The average molecular weight is 207 g/mol. The number of nitrogens with zero attached hydrogens (tertiary/aromatic N) is 2. The van der Waals surface area contributed by atoms with E-state index in [1.54, 1.807) is 0 Å². The number of hydrogen-bond acceptors (Lipinski definition) is 5. The summed E-state index contributed by atoms with van der Waals surface area (Å²) in [4.78, 5) is 8.13. The molecule has 0 radical (unpaired) electrons. The molecular formula is C10H17N5. The number of nitrogens with one attached hydrogen (secondary N) is 2. The summed E-state index contributed by atoms with van der Waals surface area (Å²) >= 11 is 0. The molecule has 82 valence electrons. The Balaban J connectivity index is 2.09. The first-order valence-corrected chi connectivity index (χ1v) is 5.18. The second-order valence-electron chi connectivity index (χ2n) is 4.55. The number of anilines is 2. The Morgan fingerprint density at radius 2 is 2.00 bits per heavy atom. The van der Waals surface area contributed by atoms with Gasteiger partial charge in [0.1, 0.15) is 18.0 Å². The van der Waals surface area contributed by atoms with E-state index in [-0.39, 0.29) is 5.54 Å². The van der Waals surface area contributed by atoms with Gasteiger partial charge in [-0.1, -0.05) is 0 Å². The average Bonchev–Trinajstić information content (AvgIpc) is 3.00. The van der Waals surface area contributed by atoms with Crippen LogP contribution in [0.1, 0.15) is 26.7 Å². The zero-order valence-corrected chi connectivity index (χ0v) is 9.12. The number of nitrogen functional groups attached to an aromatic ring is 1. The topological polar surface area (TPSA) is 75.9 Å². The van der Waals surface area contributed by atoms with Crippen LogP contribution >= 0.6 is 0 Å². The van der Waals surface area contributed by atoms with Crippen LogP contribution in [0.5, 0.6) is 0 Å². The van der Waals surface area contributed by atoms with Crippen LogP contribution < -0.4 is 16.6 Å². The molecule has 0 saturated heterocycles. The second-order valence-corrected chi connectivity index (χ2v) is 4.55. The molecule has 1 aliphatic rings. The lowest BCUT2D eigenvalue weighted by Crippen LogP contribution is -2.33. The predicted molar refractivity (Wildman–Crippen MR) is 60.3 cm³/mol. The third-order valence-corrected chi connectivity index (χ3v) is 2.86. The van der Waals surface area contributed by atoms with Crippen molar-refractivity contribution < 1.29 is 0 Å². The fourth-order valence-corrected chi connectivity index (χ4v) is 1.74. The first kappa shape index (κ1) is 10.2. The number of hydrazine groups is 1. The largest absolute Gasteiger partial charge is 0.365 e. The van der Waals surface area contributed by atoms with E-state index in [0.717, 1.165) is 11.7 Å². The molecule has 4 N–H and O–H groups in total. The molecule has 15 heavy (non-hydrogen) atoms. The summed E-state index contributed by atoms with van der Waals surface area (Å²) in [6.45, 7) is 4.39. The molecule has 5 heteroatoms. The van der Waals surface area contributed by atoms with Crippen molar-refractivity contribution in [3.05, 3.63) is 12.4 Å². The molecule has 2 rings (SSSR count). The Kier molecular flexibility index (Phi) is 2.48.